The molecule has 1 unspecified atom stereocenters. The molecular formula is C13H12ClFN2S. The van der Waals surface area contributed by atoms with Crippen molar-refractivity contribution >= 4 is 23.4 Å². The van der Waals surface area contributed by atoms with E-state index >= 15 is 0 Å². The maximum absolute atomic E-state index is 13.7. The minimum Gasteiger partial charge on any atom is -0.324 e. The summed E-state index contributed by atoms with van der Waals surface area (Å²) >= 11 is 7.15. The molecule has 0 fully saturated rings. The van der Waals surface area contributed by atoms with Gasteiger partial charge in [-0.3, -0.25) is 0 Å². The Morgan fingerprint density at radius 2 is 2.11 bits per heavy atom. The van der Waals surface area contributed by atoms with Crippen molar-refractivity contribution in [1.82, 2.24) is 4.98 Å². The van der Waals surface area contributed by atoms with Crippen LogP contribution in [0.15, 0.2) is 46.5 Å². The fourth-order valence-corrected chi connectivity index (χ4v) is 2.70. The quantitative estimate of drug-likeness (QED) is 0.923. The van der Waals surface area contributed by atoms with Crippen LogP contribution in [0.25, 0.3) is 0 Å². The lowest BCUT2D eigenvalue weighted by molar-refractivity contribution is 0.585. The molecule has 1 heterocycles. The van der Waals surface area contributed by atoms with Crippen LogP contribution in [0.1, 0.15) is 18.5 Å². The predicted molar refractivity (Wildman–Crippen MR) is 72.4 cm³/mol. The van der Waals surface area contributed by atoms with Crippen LogP contribution < -0.4 is 5.73 Å². The molecule has 18 heavy (non-hydrogen) atoms. The molecule has 0 saturated heterocycles. The molecule has 0 aliphatic heterocycles. The summed E-state index contributed by atoms with van der Waals surface area (Å²) in [5.74, 6) is -0.288. The highest BCUT2D eigenvalue weighted by Crippen LogP contribution is 2.33. The predicted octanol–water partition coefficient (Wildman–Crippen LogP) is 4.05. The molecule has 2 rings (SSSR count). The molecule has 2 aromatic rings. The monoisotopic (exact) mass is 282 g/mol. The van der Waals surface area contributed by atoms with E-state index in [1.54, 1.807) is 31.3 Å². The molecule has 0 bridgehead atoms. The van der Waals surface area contributed by atoms with Crippen molar-refractivity contribution < 1.29 is 4.39 Å². The summed E-state index contributed by atoms with van der Waals surface area (Å²) in [6, 6.07) is 8.10. The highest BCUT2D eigenvalue weighted by Gasteiger charge is 2.13. The Kier molecular flexibility index (Phi) is 4.22. The summed E-state index contributed by atoms with van der Waals surface area (Å²) in [5.41, 5.74) is 6.31. The summed E-state index contributed by atoms with van der Waals surface area (Å²) in [6.45, 7) is 1.76. The van der Waals surface area contributed by atoms with Gasteiger partial charge in [-0.05, 0) is 31.2 Å². The van der Waals surface area contributed by atoms with Crippen molar-refractivity contribution in [3.8, 4) is 0 Å². The average Bonchev–Trinajstić information content (AvgIpc) is 2.32. The van der Waals surface area contributed by atoms with Crippen molar-refractivity contribution in [2.75, 3.05) is 0 Å². The van der Waals surface area contributed by atoms with Crippen molar-refractivity contribution in [2.45, 2.75) is 22.9 Å². The van der Waals surface area contributed by atoms with E-state index in [9.17, 15) is 4.39 Å². The van der Waals surface area contributed by atoms with Gasteiger partial charge < -0.3 is 5.73 Å². The summed E-state index contributed by atoms with van der Waals surface area (Å²) in [7, 11) is 0. The second kappa shape index (κ2) is 5.69. The molecule has 2 nitrogen and oxygen atoms in total. The lowest BCUT2D eigenvalue weighted by Gasteiger charge is -2.12. The SMILES string of the molecule is CC(N)c1c(F)cccc1Sc1ccc(Cl)cn1. The van der Waals surface area contributed by atoms with Crippen LogP contribution in [-0.2, 0) is 0 Å². The zero-order valence-corrected chi connectivity index (χ0v) is 11.3. The van der Waals surface area contributed by atoms with Crippen LogP contribution in [0.5, 0.6) is 0 Å². The largest absolute Gasteiger partial charge is 0.324 e. The van der Waals surface area contributed by atoms with E-state index in [1.807, 2.05) is 6.07 Å². The topological polar surface area (TPSA) is 38.9 Å². The van der Waals surface area contributed by atoms with Crippen molar-refractivity contribution in [1.29, 1.82) is 0 Å². The van der Waals surface area contributed by atoms with Crippen LogP contribution in [0.3, 0.4) is 0 Å². The zero-order chi connectivity index (χ0) is 13.1. The van der Waals surface area contributed by atoms with Gasteiger partial charge in [0.05, 0.1) is 5.02 Å². The summed E-state index contributed by atoms with van der Waals surface area (Å²) in [4.78, 5) is 4.95. The smallest absolute Gasteiger partial charge is 0.129 e. The standard InChI is InChI=1S/C13H12ClFN2S/c1-8(16)13-10(15)3-2-4-11(13)18-12-6-5-9(14)7-17-12/h2-8H,16H2,1H3. The van der Waals surface area contributed by atoms with Gasteiger partial charge in [-0.15, -0.1) is 0 Å². The maximum Gasteiger partial charge on any atom is 0.129 e. The van der Waals surface area contributed by atoms with Crippen molar-refractivity contribution in [2.24, 2.45) is 5.73 Å². The molecule has 0 aliphatic rings. The number of rotatable bonds is 3. The minimum absolute atomic E-state index is 0.288. The summed E-state index contributed by atoms with van der Waals surface area (Å²) in [5, 5.41) is 1.33. The first-order valence-electron chi connectivity index (χ1n) is 5.41. The second-order valence-corrected chi connectivity index (χ2v) is 5.36. The lowest BCUT2D eigenvalue weighted by Crippen LogP contribution is -2.08. The molecule has 0 radical (unpaired) electrons. The van der Waals surface area contributed by atoms with Crippen LogP contribution >= 0.6 is 23.4 Å². The highest BCUT2D eigenvalue weighted by molar-refractivity contribution is 7.99. The van der Waals surface area contributed by atoms with Crippen molar-refractivity contribution in [3.63, 3.8) is 0 Å². The molecule has 1 aromatic heterocycles. The van der Waals surface area contributed by atoms with Crippen LogP contribution in [0.4, 0.5) is 4.39 Å². The third kappa shape index (κ3) is 3.02. The summed E-state index contributed by atoms with van der Waals surface area (Å²) in [6.07, 6.45) is 1.56. The zero-order valence-electron chi connectivity index (χ0n) is 9.73. The van der Waals surface area contributed by atoms with Crippen molar-refractivity contribution in [3.05, 3.63) is 52.9 Å². The molecule has 5 heteroatoms. The first-order valence-corrected chi connectivity index (χ1v) is 6.61. The number of nitrogens with zero attached hydrogens (tertiary/aromatic N) is 1. The van der Waals surface area contributed by atoms with Gasteiger partial charge in [0.2, 0.25) is 0 Å². The number of pyridine rings is 1. The van der Waals surface area contributed by atoms with Crippen LogP contribution in [-0.4, -0.2) is 4.98 Å². The Bertz CT molecular complexity index is 543. The third-order valence-corrected chi connectivity index (χ3v) is 3.63. The van der Waals surface area contributed by atoms with E-state index < -0.39 is 0 Å². The molecule has 2 N–H and O–H groups in total. The first-order chi connectivity index (χ1) is 8.58. The van der Waals surface area contributed by atoms with Crippen LogP contribution in [0.2, 0.25) is 5.02 Å². The molecular weight excluding hydrogens is 271 g/mol. The average molecular weight is 283 g/mol. The molecule has 94 valence electrons. The third-order valence-electron chi connectivity index (χ3n) is 2.38. The van der Waals surface area contributed by atoms with Gasteiger partial charge in [0.15, 0.2) is 0 Å². The fourth-order valence-electron chi connectivity index (χ4n) is 1.58. The van der Waals surface area contributed by atoms with Gasteiger partial charge in [0.1, 0.15) is 10.8 Å². The van der Waals surface area contributed by atoms with Gasteiger partial charge in [0, 0.05) is 22.7 Å². The number of hydrogen-bond donors (Lipinski definition) is 1. The molecule has 0 spiro atoms. The van der Waals surface area contributed by atoms with E-state index in [0.717, 1.165) is 9.92 Å². The van der Waals surface area contributed by atoms with E-state index in [-0.39, 0.29) is 11.9 Å². The van der Waals surface area contributed by atoms with Gasteiger partial charge in [0.25, 0.3) is 0 Å². The van der Waals surface area contributed by atoms with E-state index in [1.165, 1.54) is 17.8 Å². The Labute approximate surface area is 114 Å². The number of benzene rings is 1. The maximum atomic E-state index is 13.7. The minimum atomic E-state index is -0.360. The Morgan fingerprint density at radius 1 is 1.33 bits per heavy atom. The highest BCUT2D eigenvalue weighted by atomic mass is 35.5. The van der Waals surface area contributed by atoms with Gasteiger partial charge >= 0.3 is 0 Å². The fraction of sp³-hybridized carbons (Fsp3) is 0.154. The van der Waals surface area contributed by atoms with E-state index in [0.29, 0.717) is 10.6 Å². The first kappa shape index (κ1) is 13.3. The summed E-state index contributed by atoms with van der Waals surface area (Å²) < 4.78 is 13.7. The van der Waals surface area contributed by atoms with Crippen LogP contribution in [0, 0.1) is 5.82 Å². The van der Waals surface area contributed by atoms with E-state index in [2.05, 4.69) is 4.98 Å². The normalized spacial score (nSPS) is 12.4. The Morgan fingerprint density at radius 3 is 2.72 bits per heavy atom. The Hall–Kier alpha value is -1.10. The second-order valence-electron chi connectivity index (χ2n) is 3.86. The number of nitrogens with two attached hydrogens (primary N) is 1. The Balaban J connectivity index is 2.34. The molecule has 0 amide bonds. The van der Waals surface area contributed by atoms with E-state index in [4.69, 9.17) is 17.3 Å². The molecule has 0 aliphatic carbocycles. The molecule has 0 saturated carbocycles. The van der Waals surface area contributed by atoms with Gasteiger partial charge in [-0.25, -0.2) is 9.37 Å². The number of hydrogen-bond acceptors (Lipinski definition) is 3. The molecule has 1 atom stereocenters. The molecule has 1 aromatic carbocycles. The number of halogens is 2. The van der Waals surface area contributed by atoms with Gasteiger partial charge in [-0.1, -0.05) is 29.4 Å². The van der Waals surface area contributed by atoms with Gasteiger partial charge in [-0.2, -0.15) is 0 Å². The lowest BCUT2D eigenvalue weighted by atomic mass is 10.1. The number of aromatic nitrogens is 1.